The summed E-state index contributed by atoms with van der Waals surface area (Å²) in [7, 11) is 0. The number of nitrogens with zero attached hydrogens (tertiary/aromatic N) is 4. The van der Waals surface area contributed by atoms with E-state index in [1.807, 2.05) is 6.07 Å². The standard InChI is InChI=1S/C17H13ClN4O3/c1-2-21-9-12(7-19)16(23)22(17(21)24)10-15-20-8-14(25-15)11-4-3-5-13(18)6-11/h3-6,8-9H,2,10H2,1H3. The first-order valence-corrected chi connectivity index (χ1v) is 7.86. The molecule has 0 aliphatic carbocycles. The smallest absolute Gasteiger partial charge is 0.331 e. The fraction of sp³-hybridized carbons (Fsp3) is 0.176. The Kier molecular flexibility index (Phi) is 4.55. The van der Waals surface area contributed by atoms with Crippen LogP contribution in [-0.4, -0.2) is 14.1 Å². The third-order valence-electron chi connectivity index (χ3n) is 3.65. The highest BCUT2D eigenvalue weighted by atomic mass is 35.5. The number of nitriles is 1. The Balaban J connectivity index is 2.01. The first-order chi connectivity index (χ1) is 12.0. The van der Waals surface area contributed by atoms with Gasteiger partial charge in [0.2, 0.25) is 5.89 Å². The lowest BCUT2D eigenvalue weighted by Gasteiger charge is -2.07. The summed E-state index contributed by atoms with van der Waals surface area (Å²) in [6.45, 7) is 1.93. The second-order valence-corrected chi connectivity index (χ2v) is 5.68. The van der Waals surface area contributed by atoms with Crippen LogP contribution in [0.4, 0.5) is 0 Å². The van der Waals surface area contributed by atoms with Gasteiger partial charge in [-0.25, -0.2) is 14.3 Å². The van der Waals surface area contributed by atoms with Gasteiger partial charge in [-0.15, -0.1) is 0 Å². The molecule has 3 rings (SSSR count). The zero-order valence-electron chi connectivity index (χ0n) is 13.3. The van der Waals surface area contributed by atoms with Crippen LogP contribution in [0.25, 0.3) is 11.3 Å². The fourth-order valence-corrected chi connectivity index (χ4v) is 2.58. The molecule has 0 aliphatic rings. The number of rotatable bonds is 4. The van der Waals surface area contributed by atoms with Crippen molar-refractivity contribution in [2.45, 2.75) is 20.0 Å². The van der Waals surface area contributed by atoms with Gasteiger partial charge >= 0.3 is 5.69 Å². The molecule has 0 bridgehead atoms. The molecule has 0 saturated carbocycles. The van der Waals surface area contributed by atoms with Crippen LogP contribution in [0, 0.1) is 11.3 Å². The van der Waals surface area contributed by atoms with Crippen LogP contribution in [0.3, 0.4) is 0 Å². The second kappa shape index (κ2) is 6.79. The van der Waals surface area contributed by atoms with E-state index in [2.05, 4.69) is 4.98 Å². The predicted molar refractivity (Wildman–Crippen MR) is 91.4 cm³/mol. The van der Waals surface area contributed by atoms with Gasteiger partial charge in [-0.05, 0) is 19.1 Å². The predicted octanol–water partition coefficient (Wildman–Crippen LogP) is 2.26. The summed E-state index contributed by atoms with van der Waals surface area (Å²) in [6.07, 6.45) is 2.76. The topological polar surface area (TPSA) is 93.8 Å². The Bertz CT molecular complexity index is 1090. The van der Waals surface area contributed by atoms with E-state index in [1.165, 1.54) is 17.0 Å². The molecular weight excluding hydrogens is 344 g/mol. The number of oxazole rings is 1. The highest BCUT2D eigenvalue weighted by Crippen LogP contribution is 2.23. The van der Waals surface area contributed by atoms with Crippen molar-refractivity contribution in [3.63, 3.8) is 0 Å². The van der Waals surface area contributed by atoms with E-state index in [0.717, 1.165) is 10.1 Å². The van der Waals surface area contributed by atoms with Crippen LogP contribution in [-0.2, 0) is 13.1 Å². The zero-order valence-corrected chi connectivity index (χ0v) is 14.0. The van der Waals surface area contributed by atoms with E-state index in [-0.39, 0.29) is 18.0 Å². The van der Waals surface area contributed by atoms with Crippen LogP contribution in [0.2, 0.25) is 5.02 Å². The van der Waals surface area contributed by atoms with E-state index in [1.54, 1.807) is 31.2 Å². The van der Waals surface area contributed by atoms with Crippen LogP contribution < -0.4 is 11.2 Å². The quantitative estimate of drug-likeness (QED) is 0.714. The summed E-state index contributed by atoms with van der Waals surface area (Å²) >= 11 is 5.96. The molecule has 0 atom stereocenters. The van der Waals surface area contributed by atoms with Gasteiger partial charge in [0.1, 0.15) is 18.2 Å². The first kappa shape index (κ1) is 16.7. The zero-order chi connectivity index (χ0) is 18.0. The van der Waals surface area contributed by atoms with Gasteiger partial charge < -0.3 is 4.42 Å². The highest BCUT2D eigenvalue weighted by molar-refractivity contribution is 6.30. The molecule has 2 aromatic heterocycles. The lowest BCUT2D eigenvalue weighted by Crippen LogP contribution is -2.41. The maximum atomic E-state index is 12.3. The Labute approximate surface area is 147 Å². The summed E-state index contributed by atoms with van der Waals surface area (Å²) in [4.78, 5) is 28.7. The summed E-state index contributed by atoms with van der Waals surface area (Å²) < 4.78 is 7.86. The van der Waals surface area contributed by atoms with E-state index in [9.17, 15) is 9.59 Å². The number of aryl methyl sites for hydroxylation is 1. The average Bonchev–Trinajstić information content (AvgIpc) is 3.08. The normalized spacial score (nSPS) is 10.6. The molecule has 0 amide bonds. The van der Waals surface area contributed by atoms with Crippen LogP contribution in [0.15, 0.2) is 50.7 Å². The molecule has 0 fully saturated rings. The summed E-state index contributed by atoms with van der Waals surface area (Å²) in [5.74, 6) is 0.657. The molecule has 0 saturated heterocycles. The van der Waals surface area contributed by atoms with Gasteiger partial charge in [0, 0.05) is 23.3 Å². The van der Waals surface area contributed by atoms with Gasteiger partial charge in [0.25, 0.3) is 5.56 Å². The third-order valence-corrected chi connectivity index (χ3v) is 3.89. The van der Waals surface area contributed by atoms with Crippen LogP contribution >= 0.6 is 11.6 Å². The molecule has 3 aromatic rings. The number of hydrogen-bond acceptors (Lipinski definition) is 5. The van der Waals surface area contributed by atoms with Gasteiger partial charge in [-0.1, -0.05) is 23.7 Å². The van der Waals surface area contributed by atoms with Crippen LogP contribution in [0.5, 0.6) is 0 Å². The number of hydrogen-bond donors (Lipinski definition) is 0. The van der Waals surface area contributed by atoms with E-state index < -0.39 is 11.2 Å². The van der Waals surface area contributed by atoms with Crippen LogP contribution in [0.1, 0.15) is 18.4 Å². The lowest BCUT2D eigenvalue weighted by molar-refractivity contribution is 0.469. The molecule has 1 aromatic carbocycles. The fourth-order valence-electron chi connectivity index (χ4n) is 2.39. The summed E-state index contributed by atoms with van der Waals surface area (Å²) in [6, 6.07) is 8.85. The molecule has 0 radical (unpaired) electrons. The van der Waals surface area contributed by atoms with Crippen molar-refractivity contribution in [2.75, 3.05) is 0 Å². The largest absolute Gasteiger partial charge is 0.439 e. The van der Waals surface area contributed by atoms with Crippen molar-refractivity contribution >= 4 is 11.6 Å². The lowest BCUT2D eigenvalue weighted by atomic mass is 10.2. The van der Waals surface area contributed by atoms with Crippen molar-refractivity contribution in [3.8, 4) is 17.4 Å². The molecule has 0 aliphatic heterocycles. The highest BCUT2D eigenvalue weighted by Gasteiger charge is 2.14. The molecule has 0 spiro atoms. The Morgan fingerprint density at radius 2 is 2.16 bits per heavy atom. The van der Waals surface area contributed by atoms with E-state index in [4.69, 9.17) is 21.3 Å². The molecule has 0 N–H and O–H groups in total. The molecule has 7 nitrogen and oxygen atoms in total. The average molecular weight is 357 g/mol. The van der Waals surface area contributed by atoms with E-state index >= 15 is 0 Å². The maximum absolute atomic E-state index is 12.3. The van der Waals surface area contributed by atoms with Gasteiger partial charge in [-0.3, -0.25) is 9.36 Å². The van der Waals surface area contributed by atoms with Crippen molar-refractivity contribution in [3.05, 3.63) is 74.0 Å². The SMILES string of the molecule is CCn1cc(C#N)c(=O)n(Cc2ncc(-c3cccc(Cl)c3)o2)c1=O. The minimum atomic E-state index is -0.667. The molecule has 0 unspecified atom stereocenters. The molecule has 126 valence electrons. The number of benzene rings is 1. The minimum absolute atomic E-state index is 0.108. The Morgan fingerprint density at radius 1 is 1.36 bits per heavy atom. The summed E-state index contributed by atoms with van der Waals surface area (Å²) in [5.41, 5.74) is -0.563. The summed E-state index contributed by atoms with van der Waals surface area (Å²) in [5, 5.41) is 9.62. The molecule has 2 heterocycles. The Hall–Kier alpha value is -3.11. The van der Waals surface area contributed by atoms with Crippen molar-refractivity contribution in [1.29, 1.82) is 5.26 Å². The Morgan fingerprint density at radius 3 is 2.84 bits per heavy atom. The van der Waals surface area contributed by atoms with Gasteiger partial charge in [0.15, 0.2) is 5.76 Å². The first-order valence-electron chi connectivity index (χ1n) is 7.48. The third kappa shape index (κ3) is 3.25. The van der Waals surface area contributed by atoms with Crippen molar-refractivity contribution in [2.24, 2.45) is 0 Å². The minimum Gasteiger partial charge on any atom is -0.439 e. The van der Waals surface area contributed by atoms with Crippen molar-refractivity contribution < 1.29 is 4.42 Å². The molecule has 25 heavy (non-hydrogen) atoms. The number of aromatic nitrogens is 3. The maximum Gasteiger partial charge on any atom is 0.331 e. The van der Waals surface area contributed by atoms with E-state index in [0.29, 0.717) is 17.3 Å². The molecule has 8 heteroatoms. The second-order valence-electron chi connectivity index (χ2n) is 5.24. The monoisotopic (exact) mass is 356 g/mol. The van der Waals surface area contributed by atoms with Gasteiger partial charge in [0.05, 0.1) is 6.20 Å². The number of halogens is 1. The van der Waals surface area contributed by atoms with Crippen molar-refractivity contribution in [1.82, 2.24) is 14.1 Å². The molecular formula is C17H13ClN4O3. The van der Waals surface area contributed by atoms with Gasteiger partial charge in [-0.2, -0.15) is 5.26 Å².